The van der Waals surface area contributed by atoms with Crippen LogP contribution in [-0.4, -0.2) is 5.97 Å². The number of hydrogen-bond acceptors (Lipinski definition) is 2. The maximum atomic E-state index is 10.5. The van der Waals surface area contributed by atoms with Gasteiger partial charge in [-0.3, -0.25) is 0 Å². The summed E-state index contributed by atoms with van der Waals surface area (Å²) in [6.45, 7) is 6.67. The number of carbonyl (C=O) groups is 1. The predicted molar refractivity (Wildman–Crippen MR) is 49.9 cm³/mol. The standard InChI is InChI=1S/C11H20O2/c1-8-4-9(5-10(12)13)7-11(2,3)6-8/h8-9H,4-7H2,1-3H3,(H,12,13)/p-1. The molecular weight excluding hydrogens is 164 g/mol. The van der Waals surface area contributed by atoms with Crippen LogP contribution in [0.1, 0.15) is 46.5 Å². The van der Waals surface area contributed by atoms with Crippen molar-refractivity contribution in [3.05, 3.63) is 0 Å². The number of carboxylic acid groups (broad SMARTS) is 1. The second-order valence-electron chi connectivity index (χ2n) is 5.36. The van der Waals surface area contributed by atoms with Crippen molar-refractivity contribution in [3.8, 4) is 0 Å². The van der Waals surface area contributed by atoms with Crippen LogP contribution in [0, 0.1) is 17.3 Å². The van der Waals surface area contributed by atoms with E-state index in [-0.39, 0.29) is 6.42 Å². The molecule has 0 N–H and O–H groups in total. The minimum Gasteiger partial charge on any atom is -0.550 e. The fourth-order valence-corrected chi connectivity index (χ4v) is 2.94. The summed E-state index contributed by atoms with van der Waals surface area (Å²) in [7, 11) is 0. The normalized spacial score (nSPS) is 32.8. The van der Waals surface area contributed by atoms with Crippen LogP contribution in [0.4, 0.5) is 0 Å². The molecule has 0 amide bonds. The summed E-state index contributed by atoms with van der Waals surface area (Å²) < 4.78 is 0. The Morgan fingerprint density at radius 3 is 2.54 bits per heavy atom. The minimum absolute atomic E-state index is 0.244. The summed E-state index contributed by atoms with van der Waals surface area (Å²) in [5.74, 6) is 0.103. The van der Waals surface area contributed by atoms with Gasteiger partial charge in [0.25, 0.3) is 0 Å². The lowest BCUT2D eigenvalue weighted by Gasteiger charge is -2.39. The van der Waals surface area contributed by atoms with E-state index in [1.807, 2.05) is 0 Å². The van der Waals surface area contributed by atoms with Crippen LogP contribution in [0.3, 0.4) is 0 Å². The first-order valence-electron chi connectivity index (χ1n) is 5.09. The van der Waals surface area contributed by atoms with E-state index in [4.69, 9.17) is 0 Å². The molecule has 1 saturated carbocycles. The van der Waals surface area contributed by atoms with Gasteiger partial charge in [-0.05, 0) is 42.9 Å². The molecule has 0 radical (unpaired) electrons. The molecule has 2 atom stereocenters. The fraction of sp³-hybridized carbons (Fsp3) is 0.909. The molecule has 0 saturated heterocycles. The predicted octanol–water partition coefficient (Wildman–Crippen LogP) is 1.59. The molecule has 0 aliphatic heterocycles. The van der Waals surface area contributed by atoms with Gasteiger partial charge in [-0.15, -0.1) is 0 Å². The van der Waals surface area contributed by atoms with Crippen molar-refractivity contribution < 1.29 is 9.90 Å². The van der Waals surface area contributed by atoms with Crippen molar-refractivity contribution in [3.63, 3.8) is 0 Å². The van der Waals surface area contributed by atoms with Crippen LogP contribution in [0.5, 0.6) is 0 Å². The topological polar surface area (TPSA) is 40.1 Å². The summed E-state index contributed by atoms with van der Waals surface area (Å²) in [5, 5.41) is 10.5. The van der Waals surface area contributed by atoms with Crippen LogP contribution >= 0.6 is 0 Å². The molecule has 1 aliphatic rings. The third-order valence-corrected chi connectivity index (χ3v) is 2.93. The Kier molecular flexibility index (Phi) is 2.99. The zero-order chi connectivity index (χ0) is 10.1. The largest absolute Gasteiger partial charge is 0.550 e. The number of hydrogen-bond donors (Lipinski definition) is 0. The summed E-state index contributed by atoms with van der Waals surface area (Å²) in [6, 6.07) is 0. The quantitative estimate of drug-likeness (QED) is 0.652. The molecule has 0 bridgehead atoms. The lowest BCUT2D eigenvalue weighted by molar-refractivity contribution is -0.307. The average Bonchev–Trinajstić information content (AvgIpc) is 1.78. The number of carboxylic acids is 1. The van der Waals surface area contributed by atoms with Gasteiger partial charge in [0.05, 0.1) is 0 Å². The Morgan fingerprint density at radius 1 is 1.46 bits per heavy atom. The fourth-order valence-electron chi connectivity index (χ4n) is 2.94. The Hall–Kier alpha value is -0.530. The van der Waals surface area contributed by atoms with Crippen molar-refractivity contribution in [2.75, 3.05) is 0 Å². The van der Waals surface area contributed by atoms with Gasteiger partial charge >= 0.3 is 0 Å². The summed E-state index contributed by atoms with van der Waals surface area (Å²) in [5.41, 5.74) is 0.317. The maximum absolute atomic E-state index is 10.5. The highest BCUT2D eigenvalue weighted by atomic mass is 16.4. The van der Waals surface area contributed by atoms with Crippen LogP contribution in [0.2, 0.25) is 0 Å². The van der Waals surface area contributed by atoms with E-state index in [1.54, 1.807) is 0 Å². The summed E-state index contributed by atoms with van der Waals surface area (Å²) in [6.07, 6.45) is 3.55. The van der Waals surface area contributed by atoms with E-state index >= 15 is 0 Å². The van der Waals surface area contributed by atoms with Crippen LogP contribution in [-0.2, 0) is 4.79 Å². The van der Waals surface area contributed by atoms with Gasteiger partial charge in [0.15, 0.2) is 0 Å². The molecule has 76 valence electrons. The zero-order valence-electron chi connectivity index (χ0n) is 8.80. The lowest BCUT2D eigenvalue weighted by atomic mass is 9.67. The first-order valence-corrected chi connectivity index (χ1v) is 5.09. The van der Waals surface area contributed by atoms with Crippen molar-refractivity contribution in [2.24, 2.45) is 17.3 Å². The van der Waals surface area contributed by atoms with E-state index in [0.717, 1.165) is 12.8 Å². The molecular formula is C11H19O2-. The van der Waals surface area contributed by atoms with Gasteiger partial charge in [0, 0.05) is 5.97 Å². The molecule has 0 spiro atoms. The van der Waals surface area contributed by atoms with Gasteiger partial charge in [-0.1, -0.05) is 20.8 Å². The second kappa shape index (κ2) is 3.69. The van der Waals surface area contributed by atoms with E-state index in [2.05, 4.69) is 20.8 Å². The van der Waals surface area contributed by atoms with Gasteiger partial charge in [-0.2, -0.15) is 0 Å². The average molecular weight is 183 g/mol. The monoisotopic (exact) mass is 183 g/mol. The van der Waals surface area contributed by atoms with Crippen molar-refractivity contribution >= 4 is 5.97 Å². The smallest absolute Gasteiger partial charge is 0.0417 e. The minimum atomic E-state index is -0.894. The van der Waals surface area contributed by atoms with Gasteiger partial charge in [0.1, 0.15) is 0 Å². The third kappa shape index (κ3) is 3.37. The molecule has 0 heterocycles. The number of carbonyl (C=O) groups excluding carboxylic acids is 1. The molecule has 0 aromatic carbocycles. The summed E-state index contributed by atoms with van der Waals surface area (Å²) in [4.78, 5) is 10.5. The second-order valence-corrected chi connectivity index (χ2v) is 5.36. The van der Waals surface area contributed by atoms with Gasteiger partial charge in [-0.25, -0.2) is 0 Å². The molecule has 1 fully saturated rings. The molecule has 2 nitrogen and oxygen atoms in total. The molecule has 1 rings (SSSR count). The first-order chi connectivity index (χ1) is 5.89. The number of aliphatic carboxylic acids is 1. The van der Waals surface area contributed by atoms with E-state index in [9.17, 15) is 9.90 Å². The highest BCUT2D eigenvalue weighted by Gasteiger charge is 2.31. The van der Waals surface area contributed by atoms with Gasteiger partial charge < -0.3 is 9.90 Å². The highest BCUT2D eigenvalue weighted by molar-refractivity contribution is 5.64. The highest BCUT2D eigenvalue weighted by Crippen LogP contribution is 2.42. The van der Waals surface area contributed by atoms with Crippen LogP contribution < -0.4 is 5.11 Å². The maximum Gasteiger partial charge on any atom is 0.0417 e. The molecule has 13 heavy (non-hydrogen) atoms. The van der Waals surface area contributed by atoms with Gasteiger partial charge in [0.2, 0.25) is 0 Å². The Balaban J connectivity index is 2.52. The first kappa shape index (κ1) is 10.6. The van der Waals surface area contributed by atoms with Crippen LogP contribution in [0.25, 0.3) is 0 Å². The van der Waals surface area contributed by atoms with E-state index in [1.165, 1.54) is 6.42 Å². The lowest BCUT2D eigenvalue weighted by Crippen LogP contribution is -2.32. The van der Waals surface area contributed by atoms with E-state index < -0.39 is 5.97 Å². The molecule has 0 aromatic heterocycles. The molecule has 0 aromatic rings. The third-order valence-electron chi connectivity index (χ3n) is 2.93. The molecule has 2 unspecified atom stereocenters. The van der Waals surface area contributed by atoms with E-state index in [0.29, 0.717) is 17.3 Å². The van der Waals surface area contributed by atoms with Crippen molar-refractivity contribution in [1.82, 2.24) is 0 Å². The molecule has 1 aliphatic carbocycles. The van der Waals surface area contributed by atoms with Crippen molar-refractivity contribution in [2.45, 2.75) is 46.5 Å². The van der Waals surface area contributed by atoms with Crippen molar-refractivity contribution in [1.29, 1.82) is 0 Å². The Bertz CT molecular complexity index is 196. The van der Waals surface area contributed by atoms with Crippen LogP contribution in [0.15, 0.2) is 0 Å². The zero-order valence-corrected chi connectivity index (χ0v) is 8.80. The Morgan fingerprint density at radius 2 is 2.08 bits per heavy atom. The SMILES string of the molecule is CC1CC(CC(=O)[O-])CC(C)(C)C1. The summed E-state index contributed by atoms with van der Waals surface area (Å²) >= 11 is 0. The molecule has 2 heteroatoms. The Labute approximate surface area is 80.3 Å². The number of rotatable bonds is 2.